The maximum atomic E-state index is 12.8. The van der Waals surface area contributed by atoms with E-state index in [2.05, 4.69) is 15.0 Å². The number of rotatable bonds is 8. The van der Waals surface area contributed by atoms with Crippen molar-refractivity contribution in [1.29, 1.82) is 0 Å². The number of ether oxygens (including phenoxy) is 1. The van der Waals surface area contributed by atoms with Crippen molar-refractivity contribution in [1.82, 2.24) is 15.0 Å². The second-order valence-corrected chi connectivity index (χ2v) is 8.47. The van der Waals surface area contributed by atoms with E-state index in [1.54, 1.807) is 24.0 Å². The number of benzene rings is 2. The molecule has 2 heterocycles. The number of carboxylic acids is 1. The molecule has 0 atom stereocenters. The van der Waals surface area contributed by atoms with Crippen LogP contribution >= 0.6 is 11.8 Å². The third-order valence-electron chi connectivity index (χ3n) is 5.11. The van der Waals surface area contributed by atoms with Gasteiger partial charge in [-0.05, 0) is 53.9 Å². The van der Waals surface area contributed by atoms with Gasteiger partial charge in [-0.2, -0.15) is 13.2 Å². The number of H-pyrrole nitrogens is 1. The molecule has 176 valence electrons. The van der Waals surface area contributed by atoms with E-state index < -0.39 is 24.3 Å². The largest absolute Gasteiger partial charge is 0.482 e. The molecule has 2 N–H and O–H groups in total. The van der Waals surface area contributed by atoms with Crippen LogP contribution in [0.25, 0.3) is 22.6 Å². The number of halogens is 3. The van der Waals surface area contributed by atoms with Gasteiger partial charge in [-0.1, -0.05) is 19.1 Å². The standard InChI is InChI=1S/C24H20F3N3O3S/c1-2-14-11-18(7-8-19(14)33-12-20(31)32)34-13-16-9-10-28-23-21(16)29-22(30-23)15-3-5-17(6-4-15)24(25,26)27/h3-11H,2,12-13H2,1H3,(H,31,32)(H,28,29,30). The summed E-state index contributed by atoms with van der Waals surface area (Å²) < 4.78 is 43.9. The first-order valence-corrected chi connectivity index (χ1v) is 11.3. The molecule has 0 saturated heterocycles. The van der Waals surface area contributed by atoms with E-state index in [-0.39, 0.29) is 0 Å². The van der Waals surface area contributed by atoms with Crippen molar-refractivity contribution < 1.29 is 27.8 Å². The minimum Gasteiger partial charge on any atom is -0.482 e. The molecule has 34 heavy (non-hydrogen) atoms. The first-order valence-electron chi connectivity index (χ1n) is 10.4. The van der Waals surface area contributed by atoms with Crippen molar-refractivity contribution in [2.45, 2.75) is 30.2 Å². The Morgan fingerprint density at radius 3 is 2.56 bits per heavy atom. The fourth-order valence-electron chi connectivity index (χ4n) is 3.40. The van der Waals surface area contributed by atoms with Gasteiger partial charge in [0.1, 0.15) is 17.1 Å². The quantitative estimate of drug-likeness (QED) is 0.298. The molecule has 0 fully saturated rings. The number of carboxylic acid groups (broad SMARTS) is 1. The van der Waals surface area contributed by atoms with E-state index in [1.165, 1.54) is 12.1 Å². The van der Waals surface area contributed by atoms with Gasteiger partial charge in [-0.15, -0.1) is 11.8 Å². The van der Waals surface area contributed by atoms with Gasteiger partial charge < -0.3 is 14.8 Å². The number of fused-ring (bicyclic) bond motifs is 1. The average molecular weight is 488 g/mol. The molecule has 10 heteroatoms. The lowest BCUT2D eigenvalue weighted by Crippen LogP contribution is -2.10. The van der Waals surface area contributed by atoms with Crippen LogP contribution in [0, 0.1) is 0 Å². The Hall–Kier alpha value is -3.53. The van der Waals surface area contributed by atoms with Crippen LogP contribution in [-0.2, 0) is 23.1 Å². The summed E-state index contributed by atoms with van der Waals surface area (Å²) >= 11 is 1.58. The molecule has 0 aliphatic rings. The topological polar surface area (TPSA) is 88.1 Å². The summed E-state index contributed by atoms with van der Waals surface area (Å²) in [5.74, 6) is 0.558. The number of hydrogen-bond donors (Lipinski definition) is 2. The number of alkyl halides is 3. The van der Waals surface area contributed by atoms with E-state index in [9.17, 15) is 18.0 Å². The predicted molar refractivity (Wildman–Crippen MR) is 123 cm³/mol. The minimum absolute atomic E-state index is 0.394. The Labute approximate surface area is 197 Å². The molecule has 0 unspecified atom stereocenters. The van der Waals surface area contributed by atoms with E-state index >= 15 is 0 Å². The van der Waals surface area contributed by atoms with Crippen molar-refractivity contribution in [3.63, 3.8) is 0 Å². The monoisotopic (exact) mass is 487 g/mol. The van der Waals surface area contributed by atoms with Crippen LogP contribution in [0.15, 0.2) is 59.6 Å². The highest BCUT2D eigenvalue weighted by Gasteiger charge is 2.30. The lowest BCUT2D eigenvalue weighted by atomic mass is 10.1. The van der Waals surface area contributed by atoms with Gasteiger partial charge in [0, 0.05) is 22.4 Å². The highest BCUT2D eigenvalue weighted by Crippen LogP contribution is 2.33. The Morgan fingerprint density at radius 1 is 1.12 bits per heavy atom. The van der Waals surface area contributed by atoms with Crippen LogP contribution < -0.4 is 4.74 Å². The van der Waals surface area contributed by atoms with Crippen LogP contribution in [0.5, 0.6) is 5.75 Å². The summed E-state index contributed by atoms with van der Waals surface area (Å²) in [5, 5.41) is 8.82. The molecular formula is C24H20F3N3O3S. The van der Waals surface area contributed by atoms with Crippen molar-refractivity contribution >= 4 is 28.9 Å². The molecule has 4 aromatic rings. The highest BCUT2D eigenvalue weighted by molar-refractivity contribution is 7.98. The minimum atomic E-state index is -4.39. The van der Waals surface area contributed by atoms with E-state index in [0.717, 1.165) is 28.2 Å². The molecule has 4 rings (SSSR count). The van der Waals surface area contributed by atoms with Crippen molar-refractivity contribution in [3.8, 4) is 17.1 Å². The number of aryl methyl sites for hydroxylation is 1. The van der Waals surface area contributed by atoms with Gasteiger partial charge in [0.15, 0.2) is 12.3 Å². The van der Waals surface area contributed by atoms with E-state index in [1.807, 2.05) is 25.1 Å². The Bertz CT molecular complexity index is 1320. The van der Waals surface area contributed by atoms with Crippen LogP contribution in [-0.4, -0.2) is 32.6 Å². The van der Waals surface area contributed by atoms with Gasteiger partial charge in [0.25, 0.3) is 0 Å². The molecule has 0 aliphatic heterocycles. The predicted octanol–water partition coefficient (Wildman–Crippen LogP) is 5.96. The smallest absolute Gasteiger partial charge is 0.416 e. The zero-order valence-electron chi connectivity index (χ0n) is 18.0. The number of nitrogens with zero attached hydrogens (tertiary/aromatic N) is 2. The number of thioether (sulfide) groups is 1. The number of pyridine rings is 1. The second kappa shape index (κ2) is 9.76. The Morgan fingerprint density at radius 2 is 1.88 bits per heavy atom. The van der Waals surface area contributed by atoms with Crippen LogP contribution in [0.4, 0.5) is 13.2 Å². The van der Waals surface area contributed by atoms with Gasteiger partial charge in [-0.25, -0.2) is 14.8 Å². The van der Waals surface area contributed by atoms with Gasteiger partial charge in [-0.3, -0.25) is 0 Å². The number of aromatic amines is 1. The molecule has 0 saturated carbocycles. The fourth-order valence-corrected chi connectivity index (χ4v) is 4.34. The third kappa shape index (κ3) is 5.33. The molecular weight excluding hydrogens is 467 g/mol. The molecule has 0 bridgehead atoms. The molecule has 2 aromatic carbocycles. The van der Waals surface area contributed by atoms with Crippen LogP contribution in [0.2, 0.25) is 0 Å². The second-order valence-electron chi connectivity index (χ2n) is 7.42. The number of aliphatic carboxylic acids is 1. The maximum Gasteiger partial charge on any atom is 0.416 e. The summed E-state index contributed by atoms with van der Waals surface area (Å²) in [6.45, 7) is 1.57. The zero-order chi connectivity index (χ0) is 24.3. The lowest BCUT2D eigenvalue weighted by Gasteiger charge is -2.11. The zero-order valence-corrected chi connectivity index (χ0v) is 18.8. The first kappa shape index (κ1) is 23.6. The first-order chi connectivity index (χ1) is 16.2. The molecule has 0 amide bonds. The molecule has 0 aliphatic carbocycles. The molecule has 6 nitrogen and oxygen atoms in total. The summed E-state index contributed by atoms with van der Waals surface area (Å²) in [4.78, 5) is 23.7. The molecule has 2 aromatic heterocycles. The van der Waals surface area contributed by atoms with Gasteiger partial charge >= 0.3 is 12.1 Å². The van der Waals surface area contributed by atoms with Crippen molar-refractivity contribution in [3.05, 3.63) is 71.4 Å². The van der Waals surface area contributed by atoms with Gasteiger partial charge in [0.05, 0.1) is 5.56 Å². The third-order valence-corrected chi connectivity index (χ3v) is 6.15. The number of aromatic nitrogens is 3. The highest BCUT2D eigenvalue weighted by atomic mass is 32.2. The summed E-state index contributed by atoms with van der Waals surface area (Å²) in [5.41, 5.74) is 2.87. The number of imidazole rings is 1. The van der Waals surface area contributed by atoms with Crippen LogP contribution in [0.1, 0.15) is 23.6 Å². The Balaban J connectivity index is 1.53. The maximum absolute atomic E-state index is 12.8. The van der Waals surface area contributed by atoms with E-state index in [0.29, 0.717) is 40.5 Å². The number of nitrogens with one attached hydrogen (secondary N) is 1. The SMILES string of the molecule is CCc1cc(SCc2ccnc3[nH]c(-c4ccc(C(F)(F)F)cc4)nc23)ccc1OCC(=O)O. The van der Waals surface area contributed by atoms with Crippen molar-refractivity contribution in [2.75, 3.05) is 6.61 Å². The van der Waals surface area contributed by atoms with Crippen LogP contribution in [0.3, 0.4) is 0 Å². The normalized spacial score (nSPS) is 11.6. The summed E-state index contributed by atoms with van der Waals surface area (Å²) in [6, 6.07) is 12.3. The van der Waals surface area contributed by atoms with E-state index in [4.69, 9.17) is 9.84 Å². The van der Waals surface area contributed by atoms with Gasteiger partial charge in [0.2, 0.25) is 0 Å². The molecule has 0 spiro atoms. The number of hydrogen-bond acceptors (Lipinski definition) is 5. The summed E-state index contributed by atoms with van der Waals surface area (Å²) in [6.07, 6.45) is -2.04. The lowest BCUT2D eigenvalue weighted by molar-refractivity contribution is -0.139. The number of carbonyl (C=O) groups is 1. The fraction of sp³-hybridized carbons (Fsp3) is 0.208. The van der Waals surface area contributed by atoms with Crippen molar-refractivity contribution in [2.24, 2.45) is 0 Å². The average Bonchev–Trinajstić information content (AvgIpc) is 3.26. The summed E-state index contributed by atoms with van der Waals surface area (Å²) in [7, 11) is 0. The Kier molecular flexibility index (Phi) is 6.78. The molecule has 0 radical (unpaired) electrons.